The molecule has 6 aromatic rings. The summed E-state index contributed by atoms with van der Waals surface area (Å²) in [6.07, 6.45) is 5.23. The number of halogens is 1. The number of benzene rings is 1. The maximum Gasteiger partial charge on any atom is 0.178 e. The van der Waals surface area contributed by atoms with Crippen molar-refractivity contribution in [2.45, 2.75) is 0 Å². The summed E-state index contributed by atoms with van der Waals surface area (Å²) >= 11 is 0. The van der Waals surface area contributed by atoms with Crippen molar-refractivity contribution >= 4 is 22.2 Å². The van der Waals surface area contributed by atoms with Crippen LogP contribution in [0, 0.1) is 5.82 Å². The van der Waals surface area contributed by atoms with E-state index in [1.54, 1.807) is 23.1 Å². The quantitative estimate of drug-likeness (QED) is 0.396. The lowest BCUT2D eigenvalue weighted by Crippen LogP contribution is -1.87. The van der Waals surface area contributed by atoms with Gasteiger partial charge in [0.05, 0.1) is 22.9 Å². The summed E-state index contributed by atoms with van der Waals surface area (Å²) in [6.45, 7) is 0. The molecule has 0 spiro atoms. The molecule has 0 aliphatic heterocycles. The van der Waals surface area contributed by atoms with Crippen LogP contribution in [0.1, 0.15) is 0 Å². The highest BCUT2D eigenvalue weighted by atomic mass is 19.1. The predicted octanol–water partition coefficient (Wildman–Crippen LogP) is 3.81. The van der Waals surface area contributed by atoms with Gasteiger partial charge in [0, 0.05) is 36.6 Å². The second-order valence-electron chi connectivity index (χ2n) is 7.41. The molecule has 1 aromatic carbocycles. The number of aromatic nitrogens is 8. The van der Waals surface area contributed by atoms with Crippen LogP contribution < -0.4 is 0 Å². The highest BCUT2D eigenvalue weighted by Gasteiger charge is 2.18. The number of fused-ring (bicyclic) bond motifs is 2. The highest BCUT2D eigenvalue weighted by Crippen LogP contribution is 2.32. The number of imidazole rings is 1. The zero-order valence-corrected chi connectivity index (χ0v) is 16.7. The minimum atomic E-state index is -0.532. The highest BCUT2D eigenvalue weighted by molar-refractivity contribution is 5.95. The van der Waals surface area contributed by atoms with E-state index in [0.29, 0.717) is 39.3 Å². The Balaban J connectivity index is 1.51. The van der Waals surface area contributed by atoms with Crippen molar-refractivity contribution in [1.29, 1.82) is 0 Å². The van der Waals surface area contributed by atoms with Gasteiger partial charge in [-0.05, 0) is 35.9 Å². The van der Waals surface area contributed by atoms with Gasteiger partial charge < -0.3 is 10.1 Å². The Morgan fingerprint density at radius 1 is 1.06 bits per heavy atom. The molecular weight excluding hydrogens is 411 g/mol. The van der Waals surface area contributed by atoms with Crippen molar-refractivity contribution in [2.24, 2.45) is 7.05 Å². The number of nitrogens with zero attached hydrogens (tertiary/aromatic N) is 6. The van der Waals surface area contributed by atoms with Crippen molar-refractivity contribution in [3.63, 3.8) is 0 Å². The first kappa shape index (κ1) is 18.2. The molecule has 156 valence electrons. The summed E-state index contributed by atoms with van der Waals surface area (Å²) < 4.78 is 15.6. The van der Waals surface area contributed by atoms with Crippen LogP contribution in [0.25, 0.3) is 56.1 Å². The molecule has 0 saturated carbocycles. The van der Waals surface area contributed by atoms with E-state index in [9.17, 15) is 9.50 Å². The number of pyridine rings is 2. The molecule has 32 heavy (non-hydrogen) atoms. The summed E-state index contributed by atoms with van der Waals surface area (Å²) in [4.78, 5) is 16.9. The molecule has 5 heterocycles. The first-order valence-electron chi connectivity index (χ1n) is 9.74. The Bertz CT molecular complexity index is 1610. The molecule has 6 rings (SSSR count). The number of nitrogens with one attached hydrogen (secondary N) is 2. The number of hydrogen-bond donors (Lipinski definition) is 3. The topological polar surface area (TPSA) is 121 Å². The van der Waals surface area contributed by atoms with Gasteiger partial charge in [-0.2, -0.15) is 10.2 Å². The second-order valence-corrected chi connectivity index (χ2v) is 7.41. The van der Waals surface area contributed by atoms with E-state index in [2.05, 4.69) is 30.2 Å². The largest absolute Gasteiger partial charge is 0.508 e. The average molecular weight is 426 g/mol. The number of hydrogen-bond acceptors (Lipinski definition) is 6. The summed E-state index contributed by atoms with van der Waals surface area (Å²) in [5.41, 5.74) is 5.82. The molecule has 0 radical (unpaired) electrons. The lowest BCUT2D eigenvalue weighted by molar-refractivity contribution is 0.469. The van der Waals surface area contributed by atoms with E-state index in [4.69, 9.17) is 4.98 Å². The van der Waals surface area contributed by atoms with E-state index in [0.717, 1.165) is 22.8 Å². The molecule has 0 aliphatic carbocycles. The zero-order chi connectivity index (χ0) is 21.8. The lowest BCUT2D eigenvalue weighted by atomic mass is 10.1. The van der Waals surface area contributed by atoms with E-state index in [-0.39, 0.29) is 5.75 Å². The van der Waals surface area contributed by atoms with Crippen LogP contribution in [0.2, 0.25) is 0 Å². The first-order chi connectivity index (χ1) is 15.5. The maximum absolute atomic E-state index is 13.9. The van der Waals surface area contributed by atoms with E-state index < -0.39 is 5.82 Å². The fraction of sp³-hybridized carbons (Fsp3) is 0.0455. The van der Waals surface area contributed by atoms with Crippen LogP contribution >= 0.6 is 0 Å². The standard InChI is InChI=1S/C22H15FN8O/c1-31-10-12(9-25-31)16-2-3-17-19(26-16)20(30-29-17)22-27-18-15(4-5-24-21(18)28-22)11-6-13(23)8-14(32)7-11/h2-10,32H,1H3,(H,29,30)(H,24,27,28). The van der Waals surface area contributed by atoms with Gasteiger partial charge in [-0.1, -0.05) is 0 Å². The smallest absolute Gasteiger partial charge is 0.178 e. The van der Waals surface area contributed by atoms with Gasteiger partial charge >= 0.3 is 0 Å². The lowest BCUT2D eigenvalue weighted by Gasteiger charge is -2.04. The maximum atomic E-state index is 13.9. The normalized spacial score (nSPS) is 11.6. The Morgan fingerprint density at radius 2 is 1.97 bits per heavy atom. The monoisotopic (exact) mass is 426 g/mol. The average Bonchev–Trinajstić information content (AvgIpc) is 3.49. The van der Waals surface area contributed by atoms with Crippen LogP contribution in [0.3, 0.4) is 0 Å². The predicted molar refractivity (Wildman–Crippen MR) is 116 cm³/mol. The van der Waals surface area contributed by atoms with Crippen LogP contribution in [0.5, 0.6) is 5.75 Å². The number of aryl methyl sites for hydroxylation is 1. The third-order valence-corrected chi connectivity index (χ3v) is 5.22. The van der Waals surface area contributed by atoms with Crippen molar-refractivity contribution in [1.82, 2.24) is 39.9 Å². The van der Waals surface area contributed by atoms with Gasteiger partial charge in [0.1, 0.15) is 17.1 Å². The number of aromatic hydroxyl groups is 1. The van der Waals surface area contributed by atoms with Gasteiger partial charge in [-0.3, -0.25) is 9.78 Å². The van der Waals surface area contributed by atoms with Crippen LogP contribution in [-0.4, -0.2) is 45.0 Å². The second kappa shape index (κ2) is 6.71. The number of rotatable bonds is 3. The molecule has 0 bridgehead atoms. The third kappa shape index (κ3) is 2.88. The Labute approximate surface area is 179 Å². The fourth-order valence-corrected chi connectivity index (χ4v) is 3.77. The van der Waals surface area contributed by atoms with Crippen molar-refractivity contribution in [3.8, 4) is 39.7 Å². The minimum absolute atomic E-state index is 0.157. The van der Waals surface area contributed by atoms with Crippen LogP contribution in [0.4, 0.5) is 4.39 Å². The third-order valence-electron chi connectivity index (χ3n) is 5.22. The summed E-state index contributed by atoms with van der Waals surface area (Å²) in [5, 5.41) is 21.4. The molecule has 0 saturated heterocycles. The van der Waals surface area contributed by atoms with Crippen LogP contribution in [-0.2, 0) is 7.05 Å². The molecular formula is C22H15FN8O. The van der Waals surface area contributed by atoms with E-state index in [1.807, 2.05) is 25.4 Å². The molecule has 3 N–H and O–H groups in total. The molecule has 0 fully saturated rings. The van der Waals surface area contributed by atoms with E-state index in [1.165, 1.54) is 12.1 Å². The van der Waals surface area contributed by atoms with E-state index >= 15 is 0 Å². The van der Waals surface area contributed by atoms with Gasteiger partial charge in [-0.25, -0.2) is 19.3 Å². The summed E-state index contributed by atoms with van der Waals surface area (Å²) in [5.74, 6) is -0.215. The number of H-pyrrole nitrogens is 2. The molecule has 5 aromatic heterocycles. The van der Waals surface area contributed by atoms with Crippen molar-refractivity contribution < 1.29 is 9.50 Å². The Hall–Kier alpha value is -4.60. The van der Waals surface area contributed by atoms with Crippen molar-refractivity contribution in [3.05, 3.63) is 60.8 Å². The molecule has 0 aliphatic rings. The van der Waals surface area contributed by atoms with Gasteiger partial charge in [-0.15, -0.1) is 0 Å². The van der Waals surface area contributed by atoms with Crippen LogP contribution in [0.15, 0.2) is 55.0 Å². The molecule has 0 amide bonds. The molecule has 0 unspecified atom stereocenters. The molecule has 9 nitrogen and oxygen atoms in total. The van der Waals surface area contributed by atoms with Crippen molar-refractivity contribution in [2.75, 3.05) is 0 Å². The van der Waals surface area contributed by atoms with Gasteiger partial charge in [0.25, 0.3) is 0 Å². The first-order valence-corrected chi connectivity index (χ1v) is 9.74. The number of phenols is 1. The number of aromatic amines is 2. The molecule has 0 atom stereocenters. The Kier molecular flexibility index (Phi) is 3.81. The fourth-order valence-electron chi connectivity index (χ4n) is 3.77. The Morgan fingerprint density at radius 3 is 2.78 bits per heavy atom. The SMILES string of the molecule is Cn1cc(-c2ccc3[nH]nc(-c4nc5nccc(-c6cc(O)cc(F)c6)c5[nH]4)c3n2)cn1. The minimum Gasteiger partial charge on any atom is -0.508 e. The van der Waals surface area contributed by atoms with Gasteiger partial charge in [0.2, 0.25) is 0 Å². The zero-order valence-electron chi connectivity index (χ0n) is 16.7. The summed E-state index contributed by atoms with van der Waals surface area (Å²) in [7, 11) is 1.85. The summed E-state index contributed by atoms with van der Waals surface area (Å²) in [6, 6.07) is 9.44. The number of phenolic OH excluding ortho intramolecular Hbond substituents is 1. The van der Waals surface area contributed by atoms with Gasteiger partial charge in [0.15, 0.2) is 17.2 Å². The molecule has 10 heteroatoms.